The Hall–Kier alpha value is -2.15. The summed E-state index contributed by atoms with van der Waals surface area (Å²) in [7, 11) is 0. The first-order valence-corrected chi connectivity index (χ1v) is 11.8. The number of alkyl halides is 3. The lowest BCUT2D eigenvalue weighted by molar-refractivity contribution is -0.137. The van der Waals surface area contributed by atoms with Gasteiger partial charge in [0.2, 0.25) is 0 Å². The Balaban J connectivity index is 1.34. The first-order valence-electron chi connectivity index (χ1n) is 11.8. The summed E-state index contributed by atoms with van der Waals surface area (Å²) in [4.78, 5) is 2.14. The van der Waals surface area contributed by atoms with Gasteiger partial charge in [0.25, 0.3) is 0 Å². The number of benzene rings is 2. The Labute approximate surface area is 191 Å². The smallest absolute Gasteiger partial charge is 0.416 e. The van der Waals surface area contributed by atoms with E-state index in [0.29, 0.717) is 25.9 Å². The molecule has 1 aliphatic carbocycles. The van der Waals surface area contributed by atoms with Crippen LogP contribution in [0.2, 0.25) is 0 Å². The van der Waals surface area contributed by atoms with E-state index < -0.39 is 23.4 Å². The molecule has 2 aromatic rings. The van der Waals surface area contributed by atoms with Crippen molar-refractivity contribution in [1.29, 1.82) is 0 Å². The van der Waals surface area contributed by atoms with Gasteiger partial charge in [-0.05, 0) is 80.0 Å². The molecule has 33 heavy (non-hydrogen) atoms. The number of halogens is 5. The molecular weight excluding hydrogens is 437 g/mol. The van der Waals surface area contributed by atoms with Gasteiger partial charge in [-0.2, -0.15) is 13.2 Å². The van der Waals surface area contributed by atoms with E-state index >= 15 is 0 Å². The van der Waals surface area contributed by atoms with Crippen LogP contribution in [0.5, 0.6) is 5.75 Å². The topological polar surface area (TPSA) is 12.5 Å². The van der Waals surface area contributed by atoms with Crippen LogP contribution < -0.4 is 4.74 Å². The number of nitrogens with zero attached hydrogens (tertiary/aromatic N) is 1. The number of rotatable bonds is 5. The Bertz CT molecular complexity index is 898. The minimum atomic E-state index is -4.34. The van der Waals surface area contributed by atoms with Gasteiger partial charge in [0.1, 0.15) is 6.10 Å². The van der Waals surface area contributed by atoms with Crippen molar-refractivity contribution in [3.8, 4) is 5.75 Å². The Morgan fingerprint density at radius 1 is 0.818 bits per heavy atom. The molecule has 0 spiro atoms. The van der Waals surface area contributed by atoms with E-state index in [1.165, 1.54) is 30.7 Å². The largest absolute Gasteiger partial charge is 0.484 e. The summed E-state index contributed by atoms with van der Waals surface area (Å²) in [5.41, 5.74) is 0.868. The molecule has 0 N–H and O–H groups in total. The van der Waals surface area contributed by atoms with Crippen LogP contribution >= 0.6 is 0 Å². The first kappa shape index (κ1) is 24.0. The predicted octanol–water partition coefficient (Wildman–Crippen LogP) is 7.46. The number of likely N-dealkylation sites (tertiary alicyclic amines) is 1. The van der Waals surface area contributed by atoms with Gasteiger partial charge >= 0.3 is 6.18 Å². The Kier molecular flexibility index (Phi) is 7.57. The van der Waals surface area contributed by atoms with Gasteiger partial charge < -0.3 is 4.74 Å². The predicted molar refractivity (Wildman–Crippen MR) is 117 cm³/mol. The summed E-state index contributed by atoms with van der Waals surface area (Å²) in [5.74, 6) is -1.35. The Morgan fingerprint density at radius 2 is 1.48 bits per heavy atom. The molecule has 2 aliphatic rings. The molecule has 0 bridgehead atoms. The van der Waals surface area contributed by atoms with Crippen molar-refractivity contribution in [3.63, 3.8) is 0 Å². The lowest BCUT2D eigenvalue weighted by atomic mass is 9.84. The molecular formula is C26H30F5NO. The molecule has 1 unspecified atom stereocenters. The van der Waals surface area contributed by atoms with Crippen molar-refractivity contribution in [2.24, 2.45) is 0 Å². The molecule has 0 amide bonds. The normalized spacial score (nSPS) is 21.1. The summed E-state index contributed by atoms with van der Waals surface area (Å²) >= 11 is 0. The maximum atomic E-state index is 14.7. The molecule has 1 saturated carbocycles. The second-order valence-corrected chi connectivity index (χ2v) is 9.29. The number of hydrogen-bond donors (Lipinski definition) is 0. The van der Waals surface area contributed by atoms with E-state index in [4.69, 9.17) is 4.74 Å². The standard InChI is InChI=1S/C26H30F5NO/c27-23-15-20(19-5-2-1-3-6-19)16-24(28)25(23)33-22-7-4-13-32(14-12-22)17-18-8-10-21(11-9-18)26(29,30)31/h8-11,15-16,19,22H,1-7,12-14,17H2. The molecule has 1 atom stereocenters. The zero-order valence-electron chi connectivity index (χ0n) is 18.6. The van der Waals surface area contributed by atoms with Crippen molar-refractivity contribution in [3.05, 3.63) is 64.7 Å². The second-order valence-electron chi connectivity index (χ2n) is 9.29. The zero-order valence-corrected chi connectivity index (χ0v) is 18.6. The fourth-order valence-electron chi connectivity index (χ4n) is 4.99. The van der Waals surface area contributed by atoms with Crippen molar-refractivity contribution in [2.75, 3.05) is 13.1 Å². The summed E-state index contributed by atoms with van der Waals surface area (Å²) in [6, 6.07) is 8.06. The van der Waals surface area contributed by atoms with Crippen LogP contribution in [0.3, 0.4) is 0 Å². The highest BCUT2D eigenvalue weighted by Crippen LogP contribution is 2.36. The minimum absolute atomic E-state index is 0.216. The molecule has 0 aromatic heterocycles. The van der Waals surface area contributed by atoms with Gasteiger partial charge in [-0.25, -0.2) is 8.78 Å². The number of ether oxygens (including phenoxy) is 1. The summed E-state index contributed by atoms with van der Waals surface area (Å²) in [5, 5.41) is 0. The molecule has 7 heteroatoms. The van der Waals surface area contributed by atoms with E-state index in [-0.39, 0.29) is 17.8 Å². The number of hydrogen-bond acceptors (Lipinski definition) is 2. The average molecular weight is 468 g/mol. The zero-order chi connectivity index (χ0) is 23.4. The highest BCUT2D eigenvalue weighted by molar-refractivity contribution is 5.33. The van der Waals surface area contributed by atoms with Crippen LogP contribution in [0.15, 0.2) is 36.4 Å². The molecule has 0 radical (unpaired) electrons. The molecule has 1 saturated heterocycles. The molecule has 2 fully saturated rings. The van der Waals surface area contributed by atoms with Gasteiger partial charge in [-0.15, -0.1) is 0 Å². The molecule has 2 aromatic carbocycles. The van der Waals surface area contributed by atoms with Crippen molar-refractivity contribution >= 4 is 0 Å². The van der Waals surface area contributed by atoms with Crippen molar-refractivity contribution in [1.82, 2.24) is 4.90 Å². The molecule has 2 nitrogen and oxygen atoms in total. The van der Waals surface area contributed by atoms with Crippen LogP contribution in [-0.4, -0.2) is 24.1 Å². The SMILES string of the molecule is Fc1cc(C2CCCCC2)cc(F)c1OC1CCCN(Cc2ccc(C(F)(F)F)cc2)CC1. The highest BCUT2D eigenvalue weighted by Gasteiger charge is 2.30. The van der Waals surface area contributed by atoms with Crippen molar-refractivity contribution in [2.45, 2.75) is 76.1 Å². The monoisotopic (exact) mass is 467 g/mol. The lowest BCUT2D eigenvalue weighted by Crippen LogP contribution is -2.25. The molecule has 1 heterocycles. The van der Waals surface area contributed by atoms with Crippen molar-refractivity contribution < 1.29 is 26.7 Å². The van der Waals surface area contributed by atoms with E-state index in [2.05, 4.69) is 4.90 Å². The molecule has 180 valence electrons. The third kappa shape index (κ3) is 6.25. The van der Waals surface area contributed by atoms with Crippen LogP contribution in [0.25, 0.3) is 0 Å². The first-order chi connectivity index (χ1) is 15.8. The third-order valence-electron chi connectivity index (χ3n) is 6.84. The Morgan fingerprint density at radius 3 is 2.12 bits per heavy atom. The summed E-state index contributed by atoms with van der Waals surface area (Å²) in [6.45, 7) is 1.94. The quantitative estimate of drug-likeness (QED) is 0.423. The molecule has 4 rings (SSSR count). The maximum absolute atomic E-state index is 14.7. The van der Waals surface area contributed by atoms with E-state index in [9.17, 15) is 22.0 Å². The molecule has 1 aliphatic heterocycles. The van der Waals surface area contributed by atoms with Crippen LogP contribution in [0.1, 0.15) is 74.0 Å². The van der Waals surface area contributed by atoms with Gasteiger partial charge in [0.15, 0.2) is 17.4 Å². The van der Waals surface area contributed by atoms with E-state index in [1.54, 1.807) is 0 Å². The minimum Gasteiger partial charge on any atom is -0.484 e. The highest BCUT2D eigenvalue weighted by atomic mass is 19.4. The fourth-order valence-corrected chi connectivity index (χ4v) is 4.99. The van der Waals surface area contributed by atoms with Crippen LogP contribution in [0, 0.1) is 11.6 Å². The van der Waals surface area contributed by atoms with Crippen LogP contribution in [-0.2, 0) is 12.7 Å². The van der Waals surface area contributed by atoms with Gasteiger partial charge in [-0.3, -0.25) is 4.90 Å². The second kappa shape index (κ2) is 10.4. The van der Waals surface area contributed by atoms with Gasteiger partial charge in [0.05, 0.1) is 5.56 Å². The van der Waals surface area contributed by atoms with E-state index in [0.717, 1.165) is 61.9 Å². The van der Waals surface area contributed by atoms with Gasteiger partial charge in [0, 0.05) is 13.1 Å². The summed E-state index contributed by atoms with van der Waals surface area (Å²) < 4.78 is 73.5. The third-order valence-corrected chi connectivity index (χ3v) is 6.84. The average Bonchev–Trinajstić information content (AvgIpc) is 3.01. The fraction of sp³-hybridized carbons (Fsp3) is 0.538. The van der Waals surface area contributed by atoms with Gasteiger partial charge in [-0.1, -0.05) is 31.4 Å². The van der Waals surface area contributed by atoms with Crippen LogP contribution in [0.4, 0.5) is 22.0 Å². The lowest BCUT2D eigenvalue weighted by Gasteiger charge is -2.24. The van der Waals surface area contributed by atoms with E-state index in [1.807, 2.05) is 0 Å². The summed E-state index contributed by atoms with van der Waals surface area (Å²) in [6.07, 6.45) is 2.73. The maximum Gasteiger partial charge on any atom is 0.416 e.